The van der Waals surface area contributed by atoms with E-state index >= 15 is 0 Å². The number of hydrogen-bond acceptors (Lipinski definition) is 12. The van der Waals surface area contributed by atoms with Crippen molar-refractivity contribution < 1.29 is 57.9 Å². The molecule has 9 fully saturated rings. The average molecular weight is 759 g/mol. The summed E-state index contributed by atoms with van der Waals surface area (Å²) in [6.45, 7) is 12.5. The molecule has 8 unspecified atom stereocenters. The second-order valence-electron chi connectivity index (χ2n) is 20.8. The molecule has 2 N–H and O–H groups in total. The lowest BCUT2D eigenvalue weighted by atomic mass is 9.48. The molecular formula is C42H62O12. The van der Waals surface area contributed by atoms with Crippen molar-refractivity contribution in [2.45, 2.75) is 191 Å². The molecule has 302 valence electrons. The zero-order valence-corrected chi connectivity index (χ0v) is 33.3. The lowest BCUT2D eigenvalue weighted by Gasteiger charge is -2.62. The van der Waals surface area contributed by atoms with Gasteiger partial charge in [-0.3, -0.25) is 24.0 Å². The van der Waals surface area contributed by atoms with Crippen molar-refractivity contribution in [1.82, 2.24) is 0 Å². The van der Waals surface area contributed by atoms with Gasteiger partial charge in [0, 0.05) is 25.7 Å². The third kappa shape index (κ3) is 7.68. The van der Waals surface area contributed by atoms with E-state index < -0.39 is 86.8 Å². The summed E-state index contributed by atoms with van der Waals surface area (Å²) in [4.78, 5) is 67.8. The van der Waals surface area contributed by atoms with E-state index in [0.29, 0.717) is 44.9 Å². The van der Waals surface area contributed by atoms with Crippen LogP contribution in [0.25, 0.3) is 0 Å². The van der Waals surface area contributed by atoms with Gasteiger partial charge in [0.15, 0.2) is 6.10 Å². The molecule has 1 saturated heterocycles. The topological polar surface area (TPSA) is 172 Å². The molecule has 8 saturated carbocycles. The van der Waals surface area contributed by atoms with Crippen LogP contribution in [0.4, 0.5) is 0 Å². The fourth-order valence-corrected chi connectivity index (χ4v) is 12.7. The van der Waals surface area contributed by atoms with Crippen molar-refractivity contribution in [3.63, 3.8) is 0 Å². The number of carbonyl (C=O) groups excluding carboxylic acids is 5. The normalized spacial score (nSPS) is 41.5. The van der Waals surface area contributed by atoms with Crippen molar-refractivity contribution in [2.75, 3.05) is 0 Å². The summed E-state index contributed by atoms with van der Waals surface area (Å²) < 4.78 is 29.9. The highest BCUT2D eigenvalue weighted by atomic mass is 16.6. The van der Waals surface area contributed by atoms with Crippen molar-refractivity contribution in [3.8, 4) is 0 Å². The van der Waals surface area contributed by atoms with Crippen molar-refractivity contribution >= 4 is 29.8 Å². The Morgan fingerprint density at radius 2 is 1.35 bits per heavy atom. The van der Waals surface area contributed by atoms with E-state index in [1.54, 1.807) is 20.8 Å². The van der Waals surface area contributed by atoms with E-state index in [0.717, 1.165) is 19.3 Å². The summed E-state index contributed by atoms with van der Waals surface area (Å²) in [6.07, 6.45) is 6.34. The van der Waals surface area contributed by atoms with Gasteiger partial charge >= 0.3 is 29.8 Å². The van der Waals surface area contributed by atoms with Gasteiger partial charge in [-0.1, -0.05) is 13.8 Å². The second kappa shape index (κ2) is 13.2. The van der Waals surface area contributed by atoms with Gasteiger partial charge in [-0.2, -0.15) is 0 Å². The van der Waals surface area contributed by atoms with Crippen LogP contribution >= 0.6 is 0 Å². The number of rotatable bonds is 12. The quantitative estimate of drug-likeness (QED) is 0.186. The molecule has 1 heterocycles. The Bertz CT molecular complexity index is 1530. The van der Waals surface area contributed by atoms with Crippen LogP contribution in [0.2, 0.25) is 0 Å². The van der Waals surface area contributed by atoms with E-state index in [1.807, 2.05) is 27.7 Å². The lowest BCUT2D eigenvalue weighted by molar-refractivity contribution is -0.263. The number of ether oxygens (including phenoxy) is 5. The Hall–Kier alpha value is -2.73. The molecule has 8 atom stereocenters. The Balaban J connectivity index is 1.09. The van der Waals surface area contributed by atoms with E-state index in [2.05, 4.69) is 0 Å². The Morgan fingerprint density at radius 1 is 0.778 bits per heavy atom. The molecule has 8 bridgehead atoms. The van der Waals surface area contributed by atoms with Crippen LogP contribution in [-0.2, 0) is 47.7 Å². The molecule has 0 aromatic rings. The molecule has 1 aliphatic heterocycles. The van der Waals surface area contributed by atoms with Crippen molar-refractivity contribution in [1.29, 1.82) is 0 Å². The van der Waals surface area contributed by atoms with Gasteiger partial charge in [-0.05, 0) is 123 Å². The minimum Gasteiger partial charge on any atom is -0.460 e. The van der Waals surface area contributed by atoms with E-state index in [1.165, 1.54) is 0 Å². The number of cyclic esters (lactones) is 1. The summed E-state index contributed by atoms with van der Waals surface area (Å²) >= 11 is 0. The first-order valence-corrected chi connectivity index (χ1v) is 20.5. The SMILES string of the molecule is CCC(CC(CC(C)C(=O)OC1CC(=O)OC1(C)C)C(=O)OC12CC3CC(O)(CC(O)(C3)C1)C2)C(=O)OC12CC3CC(C1)CC(C(=O)OC(C)(C)C)(C3)C2. The molecule has 0 aromatic heterocycles. The van der Waals surface area contributed by atoms with Gasteiger partial charge < -0.3 is 33.9 Å². The molecule has 54 heavy (non-hydrogen) atoms. The van der Waals surface area contributed by atoms with Crippen LogP contribution in [0.5, 0.6) is 0 Å². The molecule has 12 heteroatoms. The number of aliphatic hydroxyl groups is 2. The molecule has 8 aliphatic carbocycles. The predicted octanol–water partition coefficient (Wildman–Crippen LogP) is 5.65. The zero-order valence-electron chi connectivity index (χ0n) is 33.3. The van der Waals surface area contributed by atoms with Crippen LogP contribution < -0.4 is 0 Å². The Labute approximate surface area is 319 Å². The first-order valence-electron chi connectivity index (χ1n) is 20.5. The van der Waals surface area contributed by atoms with Crippen molar-refractivity contribution in [2.24, 2.45) is 40.9 Å². The molecule has 0 aromatic carbocycles. The second-order valence-corrected chi connectivity index (χ2v) is 20.8. The summed E-state index contributed by atoms with van der Waals surface area (Å²) in [5, 5.41) is 22.8. The number of hydrogen-bond donors (Lipinski definition) is 2. The molecule has 9 aliphatic rings. The molecule has 0 amide bonds. The van der Waals surface area contributed by atoms with Gasteiger partial charge in [0.25, 0.3) is 0 Å². The maximum atomic E-state index is 14.4. The molecular weight excluding hydrogens is 696 g/mol. The minimum atomic E-state index is -1.11. The zero-order chi connectivity index (χ0) is 39.3. The summed E-state index contributed by atoms with van der Waals surface area (Å²) in [7, 11) is 0. The summed E-state index contributed by atoms with van der Waals surface area (Å²) in [6, 6.07) is 0. The highest BCUT2D eigenvalue weighted by Gasteiger charge is 2.66. The van der Waals surface area contributed by atoms with Gasteiger partial charge in [0.05, 0.1) is 40.8 Å². The van der Waals surface area contributed by atoms with E-state index in [4.69, 9.17) is 23.7 Å². The highest BCUT2D eigenvalue weighted by molar-refractivity contribution is 5.80. The van der Waals surface area contributed by atoms with Gasteiger partial charge in [-0.15, -0.1) is 0 Å². The first kappa shape index (κ1) is 39.5. The van der Waals surface area contributed by atoms with E-state index in [-0.39, 0.29) is 62.2 Å². The number of esters is 5. The highest BCUT2D eigenvalue weighted by Crippen LogP contribution is 2.64. The minimum absolute atomic E-state index is 0.0223. The summed E-state index contributed by atoms with van der Waals surface area (Å²) in [5.41, 5.74) is -6.34. The first-order chi connectivity index (χ1) is 24.9. The smallest absolute Gasteiger partial charge is 0.312 e. The Kier molecular flexibility index (Phi) is 9.63. The molecule has 9 rings (SSSR count). The van der Waals surface area contributed by atoms with Crippen LogP contribution in [-0.4, -0.2) is 79.8 Å². The van der Waals surface area contributed by atoms with Crippen molar-refractivity contribution in [3.05, 3.63) is 0 Å². The van der Waals surface area contributed by atoms with Crippen LogP contribution in [0.3, 0.4) is 0 Å². The van der Waals surface area contributed by atoms with E-state index in [9.17, 15) is 34.2 Å². The standard InChI is InChI=1S/C42H62O12/c1-8-28(33(45)52-41-17-25-10-26(18-41)14-38(13-25,20-41)35(47)54-36(3,4)5)11-29(9-24(2)32(44)50-30-12-31(43)51-37(30,6)7)34(46)53-42-19-27-15-39(48,22-42)21-40(49,16-27)23-42/h24-30,48-49H,8-23H2,1-7H3. The van der Waals surface area contributed by atoms with Crippen LogP contribution in [0, 0.1) is 40.9 Å². The predicted molar refractivity (Wildman–Crippen MR) is 192 cm³/mol. The maximum absolute atomic E-state index is 14.4. The van der Waals surface area contributed by atoms with Gasteiger partial charge in [0.2, 0.25) is 0 Å². The monoisotopic (exact) mass is 758 g/mol. The summed E-state index contributed by atoms with van der Waals surface area (Å²) in [5.74, 6) is -4.08. The molecule has 12 nitrogen and oxygen atoms in total. The fourth-order valence-electron chi connectivity index (χ4n) is 12.7. The van der Waals surface area contributed by atoms with Gasteiger partial charge in [0.1, 0.15) is 22.4 Å². The van der Waals surface area contributed by atoms with Gasteiger partial charge in [-0.25, -0.2) is 0 Å². The molecule has 0 spiro atoms. The lowest BCUT2D eigenvalue weighted by Crippen LogP contribution is -2.67. The third-order valence-corrected chi connectivity index (χ3v) is 14.0. The Morgan fingerprint density at radius 3 is 1.89 bits per heavy atom. The maximum Gasteiger partial charge on any atom is 0.312 e. The van der Waals surface area contributed by atoms with Crippen LogP contribution in [0.1, 0.15) is 151 Å². The molecule has 0 radical (unpaired) electrons. The number of carbonyl (C=O) groups is 5. The fraction of sp³-hybridized carbons (Fsp3) is 0.881. The largest absolute Gasteiger partial charge is 0.460 e. The van der Waals surface area contributed by atoms with Crippen LogP contribution in [0.15, 0.2) is 0 Å². The average Bonchev–Trinajstić information content (AvgIpc) is 3.24. The third-order valence-electron chi connectivity index (χ3n) is 14.0.